The Kier molecular flexibility index (Phi) is 4.90. The maximum Gasteiger partial charge on any atom is 0.356 e. The fourth-order valence-corrected chi connectivity index (χ4v) is 1.42. The van der Waals surface area contributed by atoms with E-state index in [9.17, 15) is 4.79 Å². The number of carboxylic acid groups (broad SMARTS) is 1. The molecule has 1 aromatic heterocycles. The van der Waals surface area contributed by atoms with Crippen molar-refractivity contribution in [1.29, 1.82) is 0 Å². The minimum atomic E-state index is -1.02. The van der Waals surface area contributed by atoms with Crippen LogP contribution >= 0.6 is 0 Å². The summed E-state index contributed by atoms with van der Waals surface area (Å²) in [5.41, 5.74) is 0.673. The number of pyridine rings is 1. The van der Waals surface area contributed by atoms with Gasteiger partial charge in [0, 0.05) is 19.8 Å². The molecule has 0 saturated heterocycles. The third-order valence-electron chi connectivity index (χ3n) is 2.28. The normalized spacial score (nSPS) is 10.6. The highest BCUT2D eigenvalue weighted by Gasteiger charge is 2.14. The molecular weight excluding hydrogens is 220 g/mol. The number of hydrogen-bond acceptors (Lipinski definition) is 4. The van der Waals surface area contributed by atoms with Gasteiger partial charge in [-0.2, -0.15) is 0 Å². The van der Waals surface area contributed by atoms with Crippen molar-refractivity contribution in [3.63, 3.8) is 0 Å². The van der Waals surface area contributed by atoms with E-state index in [0.29, 0.717) is 18.8 Å². The molecule has 0 radical (unpaired) electrons. The maximum atomic E-state index is 11.0. The number of anilines is 1. The lowest BCUT2D eigenvalue weighted by atomic mass is 10.2. The number of carbonyl (C=O) groups is 1. The zero-order chi connectivity index (χ0) is 12.8. The molecule has 94 valence electrons. The van der Waals surface area contributed by atoms with Crippen LogP contribution in [0.15, 0.2) is 18.3 Å². The molecule has 5 heteroatoms. The number of aromatic nitrogens is 1. The molecule has 0 aliphatic heterocycles. The van der Waals surface area contributed by atoms with Crippen molar-refractivity contribution in [3.8, 4) is 0 Å². The Morgan fingerprint density at radius 3 is 2.88 bits per heavy atom. The van der Waals surface area contributed by atoms with Gasteiger partial charge in [-0.15, -0.1) is 0 Å². The lowest BCUT2D eigenvalue weighted by Crippen LogP contribution is -2.26. The summed E-state index contributed by atoms with van der Waals surface area (Å²) < 4.78 is 5.42. The van der Waals surface area contributed by atoms with Crippen LogP contribution in [0.5, 0.6) is 0 Å². The molecule has 1 aromatic rings. The Bertz CT molecular complexity index is 380. The Morgan fingerprint density at radius 1 is 1.59 bits per heavy atom. The Balaban J connectivity index is 2.68. The smallest absolute Gasteiger partial charge is 0.356 e. The summed E-state index contributed by atoms with van der Waals surface area (Å²) in [7, 11) is 1.83. The van der Waals surface area contributed by atoms with Gasteiger partial charge in [0.05, 0.1) is 18.4 Å². The fraction of sp³-hybridized carbons (Fsp3) is 0.500. The van der Waals surface area contributed by atoms with Crippen LogP contribution in [0.25, 0.3) is 0 Å². The van der Waals surface area contributed by atoms with E-state index in [1.807, 2.05) is 25.8 Å². The Morgan fingerprint density at radius 2 is 2.29 bits per heavy atom. The van der Waals surface area contributed by atoms with Crippen LogP contribution in [0.3, 0.4) is 0 Å². The average molecular weight is 238 g/mol. The van der Waals surface area contributed by atoms with Crippen LogP contribution in [-0.2, 0) is 4.74 Å². The molecular formula is C12H18N2O3. The SMILES string of the molecule is CC(C)OCCN(C)c1cccnc1C(=O)O. The van der Waals surface area contributed by atoms with Gasteiger partial charge >= 0.3 is 5.97 Å². The van der Waals surface area contributed by atoms with Crippen LogP contribution in [0.1, 0.15) is 24.3 Å². The van der Waals surface area contributed by atoms with Crippen molar-refractivity contribution in [2.24, 2.45) is 0 Å². The van der Waals surface area contributed by atoms with Crippen molar-refractivity contribution in [3.05, 3.63) is 24.0 Å². The van der Waals surface area contributed by atoms with Gasteiger partial charge in [0.25, 0.3) is 0 Å². The number of hydrogen-bond donors (Lipinski definition) is 1. The number of likely N-dealkylation sites (N-methyl/N-ethyl adjacent to an activating group) is 1. The van der Waals surface area contributed by atoms with E-state index in [1.54, 1.807) is 12.1 Å². The van der Waals surface area contributed by atoms with E-state index in [1.165, 1.54) is 6.20 Å². The van der Waals surface area contributed by atoms with E-state index in [4.69, 9.17) is 9.84 Å². The first-order valence-corrected chi connectivity index (χ1v) is 5.53. The summed E-state index contributed by atoms with van der Waals surface area (Å²) in [5.74, 6) is -1.02. The lowest BCUT2D eigenvalue weighted by molar-refractivity contribution is 0.0689. The van der Waals surface area contributed by atoms with E-state index in [2.05, 4.69) is 4.98 Å². The van der Waals surface area contributed by atoms with E-state index < -0.39 is 5.97 Å². The van der Waals surface area contributed by atoms with Gasteiger partial charge in [0.2, 0.25) is 0 Å². The van der Waals surface area contributed by atoms with Gasteiger partial charge in [0.15, 0.2) is 5.69 Å². The average Bonchev–Trinajstić information content (AvgIpc) is 2.28. The summed E-state index contributed by atoms with van der Waals surface area (Å²) in [6.45, 7) is 5.12. The van der Waals surface area contributed by atoms with Gasteiger partial charge < -0.3 is 14.7 Å². The molecule has 0 atom stereocenters. The van der Waals surface area contributed by atoms with Gasteiger partial charge in [-0.1, -0.05) is 0 Å². The predicted molar refractivity (Wildman–Crippen MR) is 65.6 cm³/mol. The largest absolute Gasteiger partial charge is 0.476 e. The zero-order valence-electron chi connectivity index (χ0n) is 10.4. The second kappa shape index (κ2) is 6.20. The highest BCUT2D eigenvalue weighted by Crippen LogP contribution is 2.16. The van der Waals surface area contributed by atoms with Crippen LogP contribution in [0.2, 0.25) is 0 Å². The number of nitrogens with zero attached hydrogens (tertiary/aromatic N) is 2. The number of rotatable bonds is 6. The lowest BCUT2D eigenvalue weighted by Gasteiger charge is -2.21. The van der Waals surface area contributed by atoms with Crippen LogP contribution in [-0.4, -0.2) is 42.4 Å². The van der Waals surface area contributed by atoms with Crippen LogP contribution in [0, 0.1) is 0 Å². The van der Waals surface area contributed by atoms with Crippen molar-refractivity contribution in [2.45, 2.75) is 20.0 Å². The molecule has 0 unspecified atom stereocenters. The van der Waals surface area contributed by atoms with E-state index in [0.717, 1.165) is 0 Å². The van der Waals surface area contributed by atoms with E-state index in [-0.39, 0.29) is 11.8 Å². The molecule has 0 aromatic carbocycles. The molecule has 1 heterocycles. The zero-order valence-corrected chi connectivity index (χ0v) is 10.4. The molecule has 5 nitrogen and oxygen atoms in total. The Labute approximate surface area is 101 Å². The van der Waals surface area contributed by atoms with Crippen molar-refractivity contribution >= 4 is 11.7 Å². The summed E-state index contributed by atoms with van der Waals surface area (Å²) in [6.07, 6.45) is 1.65. The summed E-state index contributed by atoms with van der Waals surface area (Å²) in [6, 6.07) is 3.47. The number of carboxylic acids is 1. The molecule has 17 heavy (non-hydrogen) atoms. The van der Waals surface area contributed by atoms with Crippen molar-refractivity contribution in [1.82, 2.24) is 4.98 Å². The third-order valence-corrected chi connectivity index (χ3v) is 2.28. The van der Waals surface area contributed by atoms with Crippen molar-refractivity contribution < 1.29 is 14.6 Å². The molecule has 1 N–H and O–H groups in total. The molecule has 0 fully saturated rings. The molecule has 0 amide bonds. The first-order chi connectivity index (χ1) is 8.02. The quantitative estimate of drug-likeness (QED) is 0.816. The molecule has 0 aliphatic rings. The number of ether oxygens (including phenoxy) is 1. The first kappa shape index (κ1) is 13.4. The molecule has 0 saturated carbocycles. The van der Waals surface area contributed by atoms with Crippen LogP contribution < -0.4 is 4.90 Å². The van der Waals surface area contributed by atoms with Crippen LogP contribution in [0.4, 0.5) is 5.69 Å². The standard InChI is InChI=1S/C12H18N2O3/c1-9(2)17-8-7-14(3)10-5-4-6-13-11(10)12(15)16/h4-6,9H,7-8H2,1-3H3,(H,15,16). The minimum absolute atomic E-state index is 0.0690. The maximum absolute atomic E-state index is 11.0. The topological polar surface area (TPSA) is 62.7 Å². The molecule has 1 rings (SSSR count). The summed E-state index contributed by atoms with van der Waals surface area (Å²) in [4.78, 5) is 16.7. The first-order valence-electron chi connectivity index (χ1n) is 5.53. The number of aromatic carboxylic acids is 1. The van der Waals surface area contributed by atoms with Gasteiger partial charge in [0.1, 0.15) is 0 Å². The molecule has 0 bridgehead atoms. The predicted octanol–water partition coefficient (Wildman–Crippen LogP) is 1.64. The summed E-state index contributed by atoms with van der Waals surface area (Å²) >= 11 is 0. The van der Waals surface area contributed by atoms with E-state index >= 15 is 0 Å². The monoisotopic (exact) mass is 238 g/mol. The second-order valence-corrected chi connectivity index (χ2v) is 4.02. The van der Waals surface area contributed by atoms with Crippen molar-refractivity contribution in [2.75, 3.05) is 25.1 Å². The summed E-state index contributed by atoms with van der Waals surface area (Å²) in [5, 5.41) is 9.01. The third kappa shape index (κ3) is 4.03. The van der Waals surface area contributed by atoms with Gasteiger partial charge in [-0.25, -0.2) is 9.78 Å². The molecule has 0 spiro atoms. The fourth-order valence-electron chi connectivity index (χ4n) is 1.42. The van der Waals surface area contributed by atoms with Gasteiger partial charge in [-0.3, -0.25) is 0 Å². The second-order valence-electron chi connectivity index (χ2n) is 4.02. The highest BCUT2D eigenvalue weighted by molar-refractivity contribution is 5.92. The Hall–Kier alpha value is -1.62. The highest BCUT2D eigenvalue weighted by atomic mass is 16.5. The molecule has 0 aliphatic carbocycles. The minimum Gasteiger partial charge on any atom is -0.476 e. The van der Waals surface area contributed by atoms with Gasteiger partial charge in [-0.05, 0) is 26.0 Å².